The van der Waals surface area contributed by atoms with Gasteiger partial charge in [-0.3, -0.25) is 0 Å². The average Bonchev–Trinajstić information content (AvgIpc) is 2.29. The van der Waals surface area contributed by atoms with Gasteiger partial charge in [0.25, 0.3) is 0 Å². The van der Waals surface area contributed by atoms with Crippen LogP contribution in [-0.2, 0) is 0 Å². The Morgan fingerprint density at radius 1 is 1.29 bits per heavy atom. The third kappa shape index (κ3) is 2.76. The van der Waals surface area contributed by atoms with Crippen LogP contribution in [0, 0.1) is 23.5 Å². The van der Waals surface area contributed by atoms with E-state index in [4.69, 9.17) is 0 Å². The predicted octanol–water partition coefficient (Wildman–Crippen LogP) is 3.84. The van der Waals surface area contributed by atoms with Crippen LogP contribution in [0.3, 0.4) is 0 Å². The fraction of sp³-hybridized carbons (Fsp3) is 0.571. The van der Waals surface area contributed by atoms with Gasteiger partial charge in [0.15, 0.2) is 0 Å². The van der Waals surface area contributed by atoms with Gasteiger partial charge in [-0.25, -0.2) is 8.78 Å². The van der Waals surface area contributed by atoms with Gasteiger partial charge in [-0.05, 0) is 36.8 Å². The topological polar surface area (TPSA) is 3.24 Å². The van der Waals surface area contributed by atoms with Crippen molar-refractivity contribution < 1.29 is 8.78 Å². The van der Waals surface area contributed by atoms with Gasteiger partial charge in [-0.15, -0.1) is 0 Å². The number of hydrogen-bond donors (Lipinski definition) is 0. The number of hydrogen-bond acceptors (Lipinski definition) is 1. The Kier molecular flexibility index (Phi) is 3.65. The Labute approximate surface area is 101 Å². The van der Waals surface area contributed by atoms with Gasteiger partial charge < -0.3 is 4.90 Å². The van der Waals surface area contributed by atoms with E-state index in [0.29, 0.717) is 17.5 Å². The molecule has 1 nitrogen and oxygen atoms in total. The van der Waals surface area contributed by atoms with E-state index in [1.54, 1.807) is 6.07 Å². The molecule has 0 aliphatic carbocycles. The monoisotopic (exact) mass is 239 g/mol. The first-order valence-corrected chi connectivity index (χ1v) is 6.28. The first-order chi connectivity index (χ1) is 8.08. The second-order valence-corrected chi connectivity index (χ2v) is 5.19. The molecular formula is C14H19F2N. The lowest BCUT2D eigenvalue weighted by Gasteiger charge is -2.36. The van der Waals surface area contributed by atoms with Crippen molar-refractivity contribution in [3.05, 3.63) is 29.8 Å². The largest absolute Gasteiger partial charge is 0.369 e. The Bertz CT molecular complexity index is 390. The molecule has 1 aliphatic rings. The highest BCUT2D eigenvalue weighted by Crippen LogP contribution is 2.29. The second kappa shape index (κ2) is 5.03. The van der Waals surface area contributed by atoms with Crippen LogP contribution in [0.2, 0.25) is 0 Å². The summed E-state index contributed by atoms with van der Waals surface area (Å²) in [5.41, 5.74) is 0.539. The van der Waals surface area contributed by atoms with Crippen LogP contribution >= 0.6 is 0 Å². The van der Waals surface area contributed by atoms with Crippen molar-refractivity contribution in [3.8, 4) is 0 Å². The summed E-state index contributed by atoms with van der Waals surface area (Å²) in [5, 5.41) is 0. The molecule has 1 atom stereocenters. The van der Waals surface area contributed by atoms with Gasteiger partial charge in [0, 0.05) is 19.2 Å². The SMILES string of the molecule is CC(C)C1CCCN(c2ccc(F)cc2F)C1. The van der Waals surface area contributed by atoms with Crippen LogP contribution in [-0.4, -0.2) is 13.1 Å². The molecule has 3 heteroatoms. The van der Waals surface area contributed by atoms with Crippen LogP contribution < -0.4 is 4.90 Å². The molecule has 2 rings (SSSR count). The van der Waals surface area contributed by atoms with E-state index in [1.807, 2.05) is 4.90 Å². The number of benzene rings is 1. The van der Waals surface area contributed by atoms with Gasteiger partial charge >= 0.3 is 0 Å². The fourth-order valence-electron chi connectivity index (χ4n) is 2.51. The van der Waals surface area contributed by atoms with Crippen molar-refractivity contribution in [2.24, 2.45) is 11.8 Å². The summed E-state index contributed by atoms with van der Waals surface area (Å²) in [5.74, 6) is 0.257. The summed E-state index contributed by atoms with van der Waals surface area (Å²) in [6.45, 7) is 6.15. The van der Waals surface area contributed by atoms with E-state index in [-0.39, 0.29) is 0 Å². The summed E-state index contributed by atoms with van der Waals surface area (Å²) in [6, 6.07) is 3.85. The lowest BCUT2D eigenvalue weighted by atomic mass is 9.87. The second-order valence-electron chi connectivity index (χ2n) is 5.19. The van der Waals surface area contributed by atoms with Gasteiger partial charge in [-0.1, -0.05) is 13.8 Å². The van der Waals surface area contributed by atoms with Crippen molar-refractivity contribution in [2.75, 3.05) is 18.0 Å². The molecule has 94 valence electrons. The molecule has 0 spiro atoms. The van der Waals surface area contributed by atoms with E-state index in [2.05, 4.69) is 13.8 Å². The average molecular weight is 239 g/mol. The van der Waals surface area contributed by atoms with Gasteiger partial charge in [0.2, 0.25) is 0 Å². The van der Waals surface area contributed by atoms with Crippen LogP contribution in [0.5, 0.6) is 0 Å². The summed E-state index contributed by atoms with van der Waals surface area (Å²) in [7, 11) is 0. The quantitative estimate of drug-likeness (QED) is 0.758. The van der Waals surface area contributed by atoms with E-state index < -0.39 is 11.6 Å². The molecule has 1 unspecified atom stereocenters. The summed E-state index contributed by atoms with van der Waals surface area (Å²) in [4.78, 5) is 2.04. The summed E-state index contributed by atoms with van der Waals surface area (Å²) in [6.07, 6.45) is 2.29. The van der Waals surface area contributed by atoms with Crippen molar-refractivity contribution >= 4 is 5.69 Å². The highest BCUT2D eigenvalue weighted by Gasteiger charge is 2.24. The van der Waals surface area contributed by atoms with Crippen molar-refractivity contribution in [1.82, 2.24) is 0 Å². The Hall–Kier alpha value is -1.12. The fourth-order valence-corrected chi connectivity index (χ4v) is 2.51. The zero-order valence-corrected chi connectivity index (χ0v) is 10.4. The van der Waals surface area contributed by atoms with Crippen LogP contribution in [0.15, 0.2) is 18.2 Å². The molecule has 1 fully saturated rings. The number of anilines is 1. The molecule has 1 aromatic carbocycles. The molecule has 0 bridgehead atoms. The van der Waals surface area contributed by atoms with Crippen LogP contribution in [0.25, 0.3) is 0 Å². The molecule has 0 radical (unpaired) electrons. The highest BCUT2D eigenvalue weighted by molar-refractivity contribution is 5.48. The van der Waals surface area contributed by atoms with E-state index in [9.17, 15) is 8.78 Å². The normalized spacial score (nSPS) is 21.0. The van der Waals surface area contributed by atoms with Crippen LogP contribution in [0.1, 0.15) is 26.7 Å². The molecular weight excluding hydrogens is 220 g/mol. The number of nitrogens with zero attached hydrogens (tertiary/aromatic N) is 1. The Morgan fingerprint density at radius 3 is 2.71 bits per heavy atom. The lowest BCUT2D eigenvalue weighted by Crippen LogP contribution is -2.37. The molecule has 1 aromatic rings. The number of rotatable bonds is 2. The van der Waals surface area contributed by atoms with Crippen LogP contribution in [0.4, 0.5) is 14.5 Å². The van der Waals surface area contributed by atoms with Crippen molar-refractivity contribution in [2.45, 2.75) is 26.7 Å². The number of piperidine rings is 1. The molecule has 0 N–H and O–H groups in total. The maximum Gasteiger partial charge on any atom is 0.149 e. The minimum absolute atomic E-state index is 0.450. The van der Waals surface area contributed by atoms with E-state index in [1.165, 1.54) is 12.5 Å². The van der Waals surface area contributed by atoms with Gasteiger partial charge in [-0.2, -0.15) is 0 Å². The number of halogens is 2. The van der Waals surface area contributed by atoms with Gasteiger partial charge in [0.05, 0.1) is 5.69 Å². The minimum atomic E-state index is -0.510. The third-order valence-corrected chi connectivity index (χ3v) is 3.65. The van der Waals surface area contributed by atoms with E-state index >= 15 is 0 Å². The minimum Gasteiger partial charge on any atom is -0.369 e. The Balaban J connectivity index is 2.16. The third-order valence-electron chi connectivity index (χ3n) is 3.65. The van der Waals surface area contributed by atoms with Crippen molar-refractivity contribution in [3.63, 3.8) is 0 Å². The molecule has 1 saturated heterocycles. The highest BCUT2D eigenvalue weighted by atomic mass is 19.1. The Morgan fingerprint density at radius 2 is 2.06 bits per heavy atom. The maximum absolute atomic E-state index is 13.7. The molecule has 0 saturated carbocycles. The first kappa shape index (κ1) is 12.3. The summed E-state index contributed by atoms with van der Waals surface area (Å²) < 4.78 is 26.5. The van der Waals surface area contributed by atoms with Crippen molar-refractivity contribution in [1.29, 1.82) is 0 Å². The first-order valence-electron chi connectivity index (χ1n) is 6.28. The zero-order chi connectivity index (χ0) is 12.4. The zero-order valence-electron chi connectivity index (χ0n) is 10.4. The standard InChI is InChI=1S/C14H19F2N/c1-10(2)11-4-3-7-17(9-11)14-6-5-12(15)8-13(14)16/h5-6,8,10-11H,3-4,7,9H2,1-2H3. The molecule has 0 aromatic heterocycles. The smallest absolute Gasteiger partial charge is 0.149 e. The van der Waals surface area contributed by atoms with E-state index in [0.717, 1.165) is 25.6 Å². The molecule has 17 heavy (non-hydrogen) atoms. The maximum atomic E-state index is 13.7. The summed E-state index contributed by atoms with van der Waals surface area (Å²) >= 11 is 0. The van der Waals surface area contributed by atoms with Gasteiger partial charge in [0.1, 0.15) is 11.6 Å². The lowest BCUT2D eigenvalue weighted by molar-refractivity contribution is 0.320. The predicted molar refractivity (Wildman–Crippen MR) is 66.1 cm³/mol. The molecule has 1 heterocycles. The molecule has 0 amide bonds. The molecule has 1 aliphatic heterocycles.